The van der Waals surface area contributed by atoms with E-state index in [1.807, 2.05) is 42.5 Å². The summed E-state index contributed by atoms with van der Waals surface area (Å²) in [6.45, 7) is 4.44. The minimum Gasteiger partial charge on any atom is -0.422 e. The summed E-state index contributed by atoms with van der Waals surface area (Å²) in [7, 11) is 0. The molecule has 0 aromatic heterocycles. The van der Waals surface area contributed by atoms with Crippen molar-refractivity contribution in [2.75, 3.05) is 0 Å². The number of carbonyl (C=O) groups is 1. The van der Waals surface area contributed by atoms with Crippen molar-refractivity contribution >= 4 is 5.97 Å². The molecule has 4 rings (SSSR count). The van der Waals surface area contributed by atoms with Crippen LogP contribution in [0.25, 0.3) is 22.3 Å². The second kappa shape index (κ2) is 15.6. The molecule has 0 heterocycles. The highest BCUT2D eigenvalue weighted by atomic mass is 16.5. The van der Waals surface area contributed by atoms with E-state index in [1.165, 1.54) is 61.6 Å². The van der Waals surface area contributed by atoms with Crippen molar-refractivity contribution in [1.82, 2.24) is 0 Å². The van der Waals surface area contributed by atoms with E-state index in [4.69, 9.17) is 4.74 Å². The SMILES string of the molecule is CCCCCCCc1ccc(OC(=O)c2ccc(-c3cc(CCCCC)ccc3-c3ccccc3)cc2)c(C#N)c1. The lowest BCUT2D eigenvalue weighted by atomic mass is 9.91. The standard InChI is InChI=1S/C38H41NO2/c1-3-5-7-8-11-15-29-19-25-37(34(26-29)28-39)41-38(40)33-22-20-32(21-23-33)36-27-30(14-10-6-4-2)18-24-35(36)31-16-12-9-13-17-31/h9,12-13,16-27H,3-8,10-11,14-15H2,1-2H3. The fourth-order valence-corrected chi connectivity index (χ4v) is 5.22. The fourth-order valence-electron chi connectivity index (χ4n) is 5.22. The zero-order valence-electron chi connectivity index (χ0n) is 24.5. The summed E-state index contributed by atoms with van der Waals surface area (Å²) in [6, 6.07) is 32.5. The summed E-state index contributed by atoms with van der Waals surface area (Å²) in [6.07, 6.45) is 11.6. The maximum Gasteiger partial charge on any atom is 0.343 e. The molecule has 4 aromatic rings. The Morgan fingerprint density at radius 3 is 1.98 bits per heavy atom. The first-order valence-corrected chi connectivity index (χ1v) is 15.2. The van der Waals surface area contributed by atoms with Crippen LogP contribution >= 0.6 is 0 Å². The lowest BCUT2D eigenvalue weighted by Gasteiger charge is -2.14. The second-order valence-corrected chi connectivity index (χ2v) is 10.8. The summed E-state index contributed by atoms with van der Waals surface area (Å²) in [5.74, 6) is -0.153. The molecule has 0 N–H and O–H groups in total. The summed E-state index contributed by atoms with van der Waals surface area (Å²) in [5.41, 5.74) is 7.83. The molecule has 0 aliphatic heterocycles. The number of hydrogen-bond acceptors (Lipinski definition) is 3. The predicted octanol–water partition coefficient (Wildman–Crippen LogP) is 10.4. The first-order valence-electron chi connectivity index (χ1n) is 15.2. The molecule has 0 saturated carbocycles. The minimum absolute atomic E-state index is 0.308. The van der Waals surface area contributed by atoms with Crippen molar-refractivity contribution in [2.45, 2.75) is 78.1 Å². The second-order valence-electron chi connectivity index (χ2n) is 10.8. The Labute approximate surface area is 245 Å². The van der Waals surface area contributed by atoms with Crippen LogP contribution in [0, 0.1) is 11.3 Å². The number of aryl methyl sites for hydroxylation is 2. The van der Waals surface area contributed by atoms with E-state index in [1.54, 1.807) is 6.07 Å². The molecule has 0 aliphatic rings. The van der Waals surface area contributed by atoms with E-state index in [9.17, 15) is 10.1 Å². The number of carbonyl (C=O) groups excluding carboxylic acids is 1. The lowest BCUT2D eigenvalue weighted by Crippen LogP contribution is -2.09. The van der Waals surface area contributed by atoms with Gasteiger partial charge in [-0.3, -0.25) is 0 Å². The van der Waals surface area contributed by atoms with Gasteiger partial charge in [-0.05, 0) is 83.3 Å². The van der Waals surface area contributed by atoms with Crippen LogP contribution < -0.4 is 4.74 Å². The van der Waals surface area contributed by atoms with E-state index in [-0.39, 0.29) is 0 Å². The van der Waals surface area contributed by atoms with E-state index in [0.29, 0.717) is 16.9 Å². The molecule has 0 atom stereocenters. The highest BCUT2D eigenvalue weighted by Crippen LogP contribution is 2.34. The van der Waals surface area contributed by atoms with Gasteiger partial charge in [0.05, 0.1) is 11.1 Å². The van der Waals surface area contributed by atoms with Crippen LogP contribution in [0.2, 0.25) is 0 Å². The molecule has 0 aliphatic carbocycles. The maximum atomic E-state index is 13.0. The van der Waals surface area contributed by atoms with Crippen LogP contribution in [-0.2, 0) is 12.8 Å². The van der Waals surface area contributed by atoms with E-state index in [0.717, 1.165) is 36.0 Å². The Bertz CT molecular complexity index is 1450. The van der Waals surface area contributed by atoms with Gasteiger partial charge in [-0.1, -0.05) is 119 Å². The fraction of sp³-hybridized carbons (Fsp3) is 0.316. The molecule has 0 fully saturated rings. The molecule has 210 valence electrons. The molecule has 0 spiro atoms. The van der Waals surface area contributed by atoms with Gasteiger partial charge in [-0.15, -0.1) is 0 Å². The smallest absolute Gasteiger partial charge is 0.343 e. The Hall–Kier alpha value is -4.16. The van der Waals surface area contributed by atoms with Gasteiger partial charge in [-0.2, -0.15) is 5.26 Å². The minimum atomic E-state index is -0.461. The number of benzene rings is 4. The van der Waals surface area contributed by atoms with Gasteiger partial charge in [0, 0.05) is 0 Å². The van der Waals surface area contributed by atoms with Crippen LogP contribution in [0.3, 0.4) is 0 Å². The van der Waals surface area contributed by atoms with E-state index in [2.05, 4.69) is 62.4 Å². The molecule has 0 saturated heterocycles. The quantitative estimate of drug-likeness (QED) is 0.0903. The van der Waals surface area contributed by atoms with E-state index >= 15 is 0 Å². The lowest BCUT2D eigenvalue weighted by molar-refractivity contribution is 0.0734. The first kappa shape index (κ1) is 29.8. The van der Waals surface area contributed by atoms with Crippen molar-refractivity contribution in [3.05, 3.63) is 113 Å². The third-order valence-corrected chi connectivity index (χ3v) is 7.61. The van der Waals surface area contributed by atoms with Gasteiger partial charge in [0.1, 0.15) is 11.8 Å². The number of esters is 1. The molecule has 0 radical (unpaired) electrons. The van der Waals surface area contributed by atoms with Crippen molar-refractivity contribution in [1.29, 1.82) is 5.26 Å². The van der Waals surface area contributed by atoms with Gasteiger partial charge in [0.15, 0.2) is 0 Å². The number of rotatable bonds is 14. The molecule has 4 aromatic carbocycles. The van der Waals surface area contributed by atoms with Gasteiger partial charge < -0.3 is 4.74 Å². The van der Waals surface area contributed by atoms with Crippen LogP contribution in [0.4, 0.5) is 0 Å². The number of nitriles is 1. The van der Waals surface area contributed by atoms with Gasteiger partial charge in [0.25, 0.3) is 0 Å². The average Bonchev–Trinajstić information content (AvgIpc) is 3.02. The van der Waals surface area contributed by atoms with Crippen molar-refractivity contribution in [3.63, 3.8) is 0 Å². The van der Waals surface area contributed by atoms with Crippen LogP contribution in [-0.4, -0.2) is 5.97 Å². The first-order chi connectivity index (χ1) is 20.1. The van der Waals surface area contributed by atoms with Crippen molar-refractivity contribution < 1.29 is 9.53 Å². The third kappa shape index (κ3) is 8.41. The third-order valence-electron chi connectivity index (χ3n) is 7.61. The van der Waals surface area contributed by atoms with E-state index < -0.39 is 5.97 Å². The normalized spacial score (nSPS) is 10.8. The molecule has 0 bridgehead atoms. The summed E-state index contributed by atoms with van der Waals surface area (Å²) in [5, 5.41) is 9.70. The Morgan fingerprint density at radius 2 is 1.27 bits per heavy atom. The highest BCUT2D eigenvalue weighted by Gasteiger charge is 2.14. The molecular weight excluding hydrogens is 502 g/mol. The highest BCUT2D eigenvalue weighted by molar-refractivity contribution is 5.92. The molecule has 41 heavy (non-hydrogen) atoms. The Morgan fingerprint density at radius 1 is 0.659 bits per heavy atom. The van der Waals surface area contributed by atoms with Gasteiger partial charge >= 0.3 is 5.97 Å². The average molecular weight is 544 g/mol. The summed E-state index contributed by atoms with van der Waals surface area (Å²) < 4.78 is 5.69. The van der Waals surface area contributed by atoms with Gasteiger partial charge in [0.2, 0.25) is 0 Å². The summed E-state index contributed by atoms with van der Waals surface area (Å²) >= 11 is 0. The largest absolute Gasteiger partial charge is 0.422 e. The van der Waals surface area contributed by atoms with Crippen LogP contribution in [0.1, 0.15) is 92.3 Å². The van der Waals surface area contributed by atoms with Crippen LogP contribution in [0.5, 0.6) is 5.75 Å². The summed E-state index contributed by atoms with van der Waals surface area (Å²) in [4.78, 5) is 13.0. The number of ether oxygens (including phenoxy) is 1. The molecule has 0 unspecified atom stereocenters. The molecule has 0 amide bonds. The monoisotopic (exact) mass is 543 g/mol. The zero-order chi connectivity index (χ0) is 28.9. The van der Waals surface area contributed by atoms with Crippen molar-refractivity contribution in [2.24, 2.45) is 0 Å². The number of hydrogen-bond donors (Lipinski definition) is 0. The molecular formula is C38H41NO2. The topological polar surface area (TPSA) is 50.1 Å². The number of nitrogens with zero attached hydrogens (tertiary/aromatic N) is 1. The van der Waals surface area contributed by atoms with Crippen molar-refractivity contribution in [3.8, 4) is 34.1 Å². The predicted molar refractivity (Wildman–Crippen MR) is 169 cm³/mol. The van der Waals surface area contributed by atoms with Gasteiger partial charge in [-0.25, -0.2) is 4.79 Å². The van der Waals surface area contributed by atoms with Crippen LogP contribution in [0.15, 0.2) is 91.0 Å². The molecule has 3 nitrogen and oxygen atoms in total. The Balaban J connectivity index is 1.50. The zero-order valence-corrected chi connectivity index (χ0v) is 24.5. The maximum absolute atomic E-state index is 13.0. The number of unbranched alkanes of at least 4 members (excludes halogenated alkanes) is 6. The molecule has 3 heteroatoms. The Kier molecular flexibility index (Phi) is 11.3.